The quantitative estimate of drug-likeness (QED) is 0.725. The summed E-state index contributed by atoms with van der Waals surface area (Å²) in [5.41, 5.74) is 2.17. The summed E-state index contributed by atoms with van der Waals surface area (Å²) in [6.45, 7) is 4.02. The van der Waals surface area contributed by atoms with Crippen LogP contribution >= 0.6 is 11.6 Å². The van der Waals surface area contributed by atoms with E-state index in [0.29, 0.717) is 12.8 Å². The van der Waals surface area contributed by atoms with E-state index in [-0.39, 0.29) is 10.8 Å². The first-order valence-corrected chi connectivity index (χ1v) is 11.5. The summed E-state index contributed by atoms with van der Waals surface area (Å²) in [7, 11) is -2.04. The molecule has 1 aliphatic heterocycles. The minimum atomic E-state index is -3.43. The summed E-state index contributed by atoms with van der Waals surface area (Å²) in [6.07, 6.45) is 1.03. The summed E-state index contributed by atoms with van der Waals surface area (Å²) in [5, 5.41) is 0.738. The Balaban J connectivity index is 1.44. The molecule has 0 aromatic heterocycles. The Kier molecular flexibility index (Phi) is 7.29. The van der Waals surface area contributed by atoms with Crippen LogP contribution in [0.3, 0.4) is 0 Å². The molecule has 0 saturated carbocycles. The monoisotopic (exact) mass is 435 g/mol. The Hall–Kier alpha value is -1.93. The fraction of sp³-hybridized carbons (Fsp3) is 0.381. The van der Waals surface area contributed by atoms with Crippen molar-refractivity contribution < 1.29 is 13.2 Å². The van der Waals surface area contributed by atoms with Gasteiger partial charge in [0.1, 0.15) is 0 Å². The molecule has 0 aliphatic carbocycles. The lowest BCUT2D eigenvalue weighted by atomic mass is 10.1. The van der Waals surface area contributed by atoms with Gasteiger partial charge in [-0.1, -0.05) is 35.9 Å². The molecule has 2 aromatic carbocycles. The topological polar surface area (TPSA) is 69.7 Å². The van der Waals surface area contributed by atoms with Gasteiger partial charge in [-0.3, -0.25) is 9.69 Å². The van der Waals surface area contributed by atoms with Crippen molar-refractivity contribution in [3.63, 3.8) is 0 Å². The highest BCUT2D eigenvalue weighted by atomic mass is 35.5. The standard InChI is InChI=1S/C21H26ClN3O3S/c1-23-29(27,28)20-9-4-17(5-10-20)6-11-21(26)25-14-12-24(13-15-25)16-18-2-7-19(22)8-3-18/h2-5,7-10,23H,6,11-16H2,1H3. The molecule has 1 aliphatic rings. The van der Waals surface area contributed by atoms with E-state index < -0.39 is 10.0 Å². The minimum Gasteiger partial charge on any atom is -0.340 e. The number of rotatable bonds is 7. The Labute approximate surface area is 177 Å². The van der Waals surface area contributed by atoms with Gasteiger partial charge in [0.05, 0.1) is 4.90 Å². The average molecular weight is 436 g/mol. The molecule has 0 unspecified atom stereocenters. The summed E-state index contributed by atoms with van der Waals surface area (Å²) in [4.78, 5) is 17.0. The molecule has 29 heavy (non-hydrogen) atoms. The highest BCUT2D eigenvalue weighted by Gasteiger charge is 2.21. The third-order valence-corrected chi connectivity index (χ3v) is 6.86. The van der Waals surface area contributed by atoms with Crippen molar-refractivity contribution in [2.24, 2.45) is 0 Å². The number of halogens is 1. The number of aryl methyl sites for hydroxylation is 1. The van der Waals surface area contributed by atoms with Gasteiger partial charge in [0.2, 0.25) is 15.9 Å². The molecule has 1 N–H and O–H groups in total. The van der Waals surface area contributed by atoms with Crippen molar-refractivity contribution in [2.75, 3.05) is 33.2 Å². The van der Waals surface area contributed by atoms with Gasteiger partial charge in [-0.15, -0.1) is 0 Å². The molecular weight excluding hydrogens is 410 g/mol. The first-order chi connectivity index (χ1) is 13.9. The van der Waals surface area contributed by atoms with Crippen LogP contribution in [0.25, 0.3) is 0 Å². The highest BCUT2D eigenvalue weighted by molar-refractivity contribution is 7.89. The van der Waals surface area contributed by atoms with Crippen molar-refractivity contribution in [3.8, 4) is 0 Å². The van der Waals surface area contributed by atoms with Crippen LogP contribution in [0.15, 0.2) is 53.4 Å². The van der Waals surface area contributed by atoms with Gasteiger partial charge in [-0.2, -0.15) is 0 Å². The van der Waals surface area contributed by atoms with Crippen LogP contribution in [-0.2, 0) is 27.8 Å². The van der Waals surface area contributed by atoms with Crippen molar-refractivity contribution in [1.29, 1.82) is 0 Å². The van der Waals surface area contributed by atoms with E-state index in [0.717, 1.165) is 43.3 Å². The third kappa shape index (κ3) is 6.02. The van der Waals surface area contributed by atoms with Crippen LogP contribution in [0, 0.1) is 0 Å². The summed E-state index contributed by atoms with van der Waals surface area (Å²) in [6, 6.07) is 14.5. The Morgan fingerprint density at radius 2 is 1.55 bits per heavy atom. The number of carbonyl (C=O) groups excluding carboxylic acids is 1. The fourth-order valence-electron chi connectivity index (χ4n) is 3.37. The second-order valence-electron chi connectivity index (χ2n) is 7.13. The van der Waals surface area contributed by atoms with Crippen molar-refractivity contribution in [3.05, 3.63) is 64.7 Å². The van der Waals surface area contributed by atoms with E-state index in [1.807, 2.05) is 29.2 Å². The van der Waals surface area contributed by atoms with Gasteiger partial charge in [0, 0.05) is 44.2 Å². The van der Waals surface area contributed by atoms with Crippen molar-refractivity contribution in [1.82, 2.24) is 14.5 Å². The van der Waals surface area contributed by atoms with Crippen LogP contribution in [0.1, 0.15) is 17.5 Å². The Bertz CT molecular complexity index is 923. The highest BCUT2D eigenvalue weighted by Crippen LogP contribution is 2.15. The predicted octanol–water partition coefficient (Wildman–Crippen LogP) is 2.53. The number of hydrogen-bond donors (Lipinski definition) is 1. The van der Waals surface area contributed by atoms with E-state index in [9.17, 15) is 13.2 Å². The second kappa shape index (κ2) is 9.71. The average Bonchev–Trinajstić information content (AvgIpc) is 2.74. The van der Waals surface area contributed by atoms with Crippen LogP contribution in [0.5, 0.6) is 0 Å². The molecule has 1 saturated heterocycles. The summed E-state index contributed by atoms with van der Waals surface area (Å²) >= 11 is 5.93. The van der Waals surface area contributed by atoms with Crippen molar-refractivity contribution >= 4 is 27.5 Å². The zero-order chi connectivity index (χ0) is 20.9. The number of carbonyl (C=O) groups is 1. The van der Waals surface area contributed by atoms with E-state index in [1.165, 1.54) is 12.6 Å². The SMILES string of the molecule is CNS(=O)(=O)c1ccc(CCC(=O)N2CCN(Cc3ccc(Cl)cc3)CC2)cc1. The number of piperazine rings is 1. The van der Waals surface area contributed by atoms with Gasteiger partial charge >= 0.3 is 0 Å². The summed E-state index contributed by atoms with van der Waals surface area (Å²) < 4.78 is 25.8. The molecule has 1 heterocycles. The van der Waals surface area contributed by atoms with E-state index >= 15 is 0 Å². The summed E-state index contributed by atoms with van der Waals surface area (Å²) in [5.74, 6) is 0.142. The maximum Gasteiger partial charge on any atom is 0.240 e. The maximum absolute atomic E-state index is 12.5. The number of hydrogen-bond acceptors (Lipinski definition) is 4. The lowest BCUT2D eigenvalue weighted by Gasteiger charge is -2.34. The van der Waals surface area contributed by atoms with Crippen LogP contribution in [-0.4, -0.2) is 57.4 Å². The fourth-order valence-corrected chi connectivity index (χ4v) is 4.22. The first-order valence-electron chi connectivity index (χ1n) is 9.64. The largest absolute Gasteiger partial charge is 0.340 e. The molecule has 0 bridgehead atoms. The number of benzene rings is 2. The van der Waals surface area contributed by atoms with Gasteiger partial charge in [-0.25, -0.2) is 13.1 Å². The second-order valence-corrected chi connectivity index (χ2v) is 9.46. The molecule has 0 radical (unpaired) electrons. The normalized spacial score (nSPS) is 15.4. The van der Waals surface area contributed by atoms with Gasteiger partial charge in [-0.05, 0) is 48.9 Å². The zero-order valence-electron chi connectivity index (χ0n) is 16.5. The molecule has 8 heteroatoms. The van der Waals surface area contributed by atoms with Gasteiger partial charge in [0.15, 0.2) is 0 Å². The predicted molar refractivity (Wildman–Crippen MR) is 114 cm³/mol. The maximum atomic E-state index is 12.5. The number of sulfonamides is 1. The van der Waals surface area contributed by atoms with E-state index in [1.54, 1.807) is 24.3 Å². The lowest BCUT2D eigenvalue weighted by Crippen LogP contribution is -2.48. The van der Waals surface area contributed by atoms with E-state index in [2.05, 4.69) is 9.62 Å². The van der Waals surface area contributed by atoms with Crippen molar-refractivity contribution in [2.45, 2.75) is 24.3 Å². The van der Waals surface area contributed by atoms with E-state index in [4.69, 9.17) is 11.6 Å². The Morgan fingerprint density at radius 1 is 0.966 bits per heavy atom. The molecule has 0 spiro atoms. The van der Waals surface area contributed by atoms with Crippen LogP contribution < -0.4 is 4.72 Å². The first kappa shape index (κ1) is 21.8. The zero-order valence-corrected chi connectivity index (χ0v) is 18.0. The molecule has 1 amide bonds. The molecule has 2 aromatic rings. The lowest BCUT2D eigenvalue weighted by molar-refractivity contribution is -0.133. The smallest absolute Gasteiger partial charge is 0.240 e. The van der Waals surface area contributed by atoms with Crippen LogP contribution in [0.2, 0.25) is 5.02 Å². The number of nitrogens with one attached hydrogen (secondary N) is 1. The molecule has 156 valence electrons. The molecule has 3 rings (SSSR count). The number of amides is 1. The molecular formula is C21H26ClN3O3S. The molecule has 0 atom stereocenters. The number of nitrogens with zero attached hydrogens (tertiary/aromatic N) is 2. The third-order valence-electron chi connectivity index (χ3n) is 5.17. The molecule has 1 fully saturated rings. The van der Waals surface area contributed by atoms with Gasteiger partial charge < -0.3 is 4.90 Å². The van der Waals surface area contributed by atoms with Gasteiger partial charge in [0.25, 0.3) is 0 Å². The minimum absolute atomic E-state index is 0.142. The van der Waals surface area contributed by atoms with Crippen LogP contribution in [0.4, 0.5) is 0 Å². The molecule has 6 nitrogen and oxygen atoms in total. The Morgan fingerprint density at radius 3 is 2.14 bits per heavy atom.